The molecule has 0 bridgehead atoms. The molecule has 0 aromatic carbocycles. The number of aliphatic carboxylic acids is 2. The van der Waals surface area contributed by atoms with Gasteiger partial charge in [-0.15, -0.1) is 0 Å². The smallest absolute Gasteiger partial charge is 0.323 e. The summed E-state index contributed by atoms with van der Waals surface area (Å²) in [6.07, 6.45) is -0.159. The zero-order chi connectivity index (χ0) is 12.5. The summed E-state index contributed by atoms with van der Waals surface area (Å²) in [6.45, 7) is 7.60. The van der Waals surface area contributed by atoms with Gasteiger partial charge < -0.3 is 15.5 Å². The molecule has 5 nitrogen and oxygen atoms in total. The minimum absolute atomic E-state index is 0.0998. The van der Waals surface area contributed by atoms with Gasteiger partial charge in [0.2, 0.25) is 0 Å². The number of nitrogens with one attached hydrogen (secondary N) is 1. The Morgan fingerprint density at radius 3 is 2.44 bits per heavy atom. The lowest BCUT2D eigenvalue weighted by Crippen LogP contribution is -2.50. The number of carbonyl (C=O) groups is 2. The molecule has 0 radical (unpaired) electrons. The highest BCUT2D eigenvalue weighted by Gasteiger charge is 2.51. The van der Waals surface area contributed by atoms with Crippen LogP contribution in [-0.2, 0) is 9.59 Å². The summed E-state index contributed by atoms with van der Waals surface area (Å²) in [5, 5.41) is 20.9. The van der Waals surface area contributed by atoms with Crippen LogP contribution in [0, 0.1) is 11.8 Å². The first-order valence-corrected chi connectivity index (χ1v) is 5.14. The van der Waals surface area contributed by atoms with Gasteiger partial charge in [-0.1, -0.05) is 12.2 Å². The molecule has 0 saturated carbocycles. The van der Waals surface area contributed by atoms with E-state index in [0.29, 0.717) is 6.54 Å². The maximum atomic E-state index is 11.2. The van der Waals surface area contributed by atoms with Crippen LogP contribution in [-0.4, -0.2) is 34.2 Å². The molecular formula is C11H17NO4. The van der Waals surface area contributed by atoms with Crippen LogP contribution in [0.3, 0.4) is 0 Å². The van der Waals surface area contributed by atoms with Crippen LogP contribution in [0.25, 0.3) is 0 Å². The first-order chi connectivity index (χ1) is 7.29. The standard InChI is InChI=1S/C11H17NO4/c1-6(2)7-5-12-11(3,10(15)16)8(7)4-9(13)14/h7-8,12H,1,4-5H2,2-3H3,(H,13,14)(H,15,16)/t7-,8+,11+/m1/s1. The number of carboxylic acids is 2. The summed E-state index contributed by atoms with van der Waals surface area (Å²) in [7, 11) is 0. The van der Waals surface area contributed by atoms with Crippen LogP contribution in [0.4, 0.5) is 0 Å². The van der Waals surface area contributed by atoms with E-state index in [-0.39, 0.29) is 12.3 Å². The van der Waals surface area contributed by atoms with Crippen LogP contribution >= 0.6 is 0 Å². The molecule has 1 aliphatic rings. The molecule has 1 aliphatic heterocycles. The molecule has 3 N–H and O–H groups in total. The summed E-state index contributed by atoms with van der Waals surface area (Å²) in [6, 6.07) is 0. The van der Waals surface area contributed by atoms with Crippen molar-refractivity contribution in [1.82, 2.24) is 5.32 Å². The molecule has 0 amide bonds. The van der Waals surface area contributed by atoms with Gasteiger partial charge in [0.25, 0.3) is 0 Å². The second-order valence-electron chi connectivity index (χ2n) is 4.55. The molecule has 0 aromatic rings. The average molecular weight is 227 g/mol. The summed E-state index contributed by atoms with van der Waals surface area (Å²) >= 11 is 0. The van der Waals surface area contributed by atoms with Gasteiger partial charge in [0.1, 0.15) is 5.54 Å². The molecule has 5 heteroatoms. The van der Waals surface area contributed by atoms with E-state index in [9.17, 15) is 14.7 Å². The van der Waals surface area contributed by atoms with Crippen LogP contribution in [0.1, 0.15) is 20.3 Å². The monoisotopic (exact) mass is 227 g/mol. The fraction of sp³-hybridized carbons (Fsp3) is 0.636. The molecule has 0 unspecified atom stereocenters. The molecule has 0 aromatic heterocycles. The molecule has 1 saturated heterocycles. The van der Waals surface area contributed by atoms with Crippen molar-refractivity contribution in [3.05, 3.63) is 12.2 Å². The van der Waals surface area contributed by atoms with Crippen molar-refractivity contribution >= 4 is 11.9 Å². The van der Waals surface area contributed by atoms with E-state index >= 15 is 0 Å². The third-order valence-electron chi connectivity index (χ3n) is 3.39. The first-order valence-electron chi connectivity index (χ1n) is 5.14. The molecule has 90 valence electrons. The van der Waals surface area contributed by atoms with Gasteiger partial charge in [0, 0.05) is 12.5 Å². The van der Waals surface area contributed by atoms with Crippen molar-refractivity contribution in [2.45, 2.75) is 25.8 Å². The Balaban J connectivity index is 3.01. The third-order valence-corrected chi connectivity index (χ3v) is 3.39. The minimum Gasteiger partial charge on any atom is -0.481 e. The van der Waals surface area contributed by atoms with Crippen LogP contribution < -0.4 is 5.32 Å². The summed E-state index contributed by atoms with van der Waals surface area (Å²) in [5.74, 6) is -2.55. The number of rotatable bonds is 4. The Morgan fingerprint density at radius 2 is 2.06 bits per heavy atom. The molecule has 0 spiro atoms. The van der Waals surface area contributed by atoms with E-state index in [2.05, 4.69) is 11.9 Å². The highest BCUT2D eigenvalue weighted by molar-refractivity contribution is 5.81. The van der Waals surface area contributed by atoms with Crippen molar-refractivity contribution in [1.29, 1.82) is 0 Å². The average Bonchev–Trinajstić information content (AvgIpc) is 2.44. The van der Waals surface area contributed by atoms with Crippen molar-refractivity contribution in [2.75, 3.05) is 6.54 Å². The van der Waals surface area contributed by atoms with E-state index in [4.69, 9.17) is 5.11 Å². The Morgan fingerprint density at radius 1 is 1.50 bits per heavy atom. The van der Waals surface area contributed by atoms with Gasteiger partial charge in [-0.25, -0.2) is 0 Å². The van der Waals surface area contributed by atoms with Crippen molar-refractivity contribution in [3.63, 3.8) is 0 Å². The third kappa shape index (κ3) is 2.09. The second kappa shape index (κ2) is 4.25. The topological polar surface area (TPSA) is 86.6 Å². The molecule has 3 atom stereocenters. The summed E-state index contributed by atoms with van der Waals surface area (Å²) in [4.78, 5) is 22.0. The lowest BCUT2D eigenvalue weighted by Gasteiger charge is -2.28. The number of hydrogen-bond donors (Lipinski definition) is 3. The molecule has 1 heterocycles. The van der Waals surface area contributed by atoms with Gasteiger partial charge in [-0.2, -0.15) is 0 Å². The zero-order valence-electron chi connectivity index (χ0n) is 9.49. The maximum absolute atomic E-state index is 11.2. The van der Waals surface area contributed by atoms with Crippen molar-refractivity contribution < 1.29 is 19.8 Å². The fourth-order valence-electron chi connectivity index (χ4n) is 2.28. The highest BCUT2D eigenvalue weighted by atomic mass is 16.4. The van der Waals surface area contributed by atoms with E-state index in [0.717, 1.165) is 5.57 Å². The van der Waals surface area contributed by atoms with E-state index < -0.39 is 23.4 Å². The number of carboxylic acid groups (broad SMARTS) is 2. The predicted molar refractivity (Wildman–Crippen MR) is 58.1 cm³/mol. The van der Waals surface area contributed by atoms with Gasteiger partial charge in [0.05, 0.1) is 6.42 Å². The highest BCUT2D eigenvalue weighted by Crippen LogP contribution is 2.37. The zero-order valence-corrected chi connectivity index (χ0v) is 9.49. The molecule has 1 fully saturated rings. The fourth-order valence-corrected chi connectivity index (χ4v) is 2.28. The Kier molecular flexibility index (Phi) is 3.38. The van der Waals surface area contributed by atoms with Gasteiger partial charge in [-0.3, -0.25) is 9.59 Å². The van der Waals surface area contributed by atoms with E-state index in [1.807, 2.05) is 0 Å². The molecule has 16 heavy (non-hydrogen) atoms. The van der Waals surface area contributed by atoms with Crippen LogP contribution in [0.2, 0.25) is 0 Å². The Hall–Kier alpha value is -1.36. The second-order valence-corrected chi connectivity index (χ2v) is 4.55. The molecular weight excluding hydrogens is 210 g/mol. The lowest BCUT2D eigenvalue weighted by atomic mass is 9.77. The minimum atomic E-state index is -1.18. The van der Waals surface area contributed by atoms with Gasteiger partial charge in [0.15, 0.2) is 0 Å². The Bertz CT molecular complexity index is 339. The molecule has 0 aliphatic carbocycles. The lowest BCUT2D eigenvalue weighted by molar-refractivity contribution is -0.147. The van der Waals surface area contributed by atoms with Crippen LogP contribution in [0.5, 0.6) is 0 Å². The first kappa shape index (κ1) is 12.7. The van der Waals surface area contributed by atoms with E-state index in [1.165, 1.54) is 6.92 Å². The Labute approximate surface area is 94.2 Å². The van der Waals surface area contributed by atoms with Crippen molar-refractivity contribution in [2.24, 2.45) is 11.8 Å². The maximum Gasteiger partial charge on any atom is 0.323 e. The largest absolute Gasteiger partial charge is 0.481 e. The van der Waals surface area contributed by atoms with Crippen molar-refractivity contribution in [3.8, 4) is 0 Å². The summed E-state index contributed by atoms with van der Waals surface area (Å²) < 4.78 is 0. The van der Waals surface area contributed by atoms with Gasteiger partial charge >= 0.3 is 11.9 Å². The SMILES string of the molecule is C=C(C)[C@H]1CN[C@](C)(C(=O)O)[C@H]1CC(=O)O. The van der Waals surface area contributed by atoms with Crippen LogP contribution in [0.15, 0.2) is 12.2 Å². The normalized spacial score (nSPS) is 33.6. The van der Waals surface area contributed by atoms with Gasteiger partial charge in [-0.05, 0) is 19.8 Å². The molecule has 1 rings (SSSR count). The predicted octanol–water partition coefficient (Wildman–Crippen LogP) is 0.716. The number of hydrogen-bond acceptors (Lipinski definition) is 3. The van der Waals surface area contributed by atoms with E-state index in [1.54, 1.807) is 6.92 Å². The quantitative estimate of drug-likeness (QED) is 0.616. The summed E-state index contributed by atoms with van der Waals surface area (Å²) in [5.41, 5.74) is -0.356.